The van der Waals surface area contributed by atoms with Crippen LogP contribution >= 0.6 is 0 Å². The summed E-state index contributed by atoms with van der Waals surface area (Å²) in [4.78, 5) is 26.9. The Morgan fingerprint density at radius 1 is 1.05 bits per heavy atom. The third kappa shape index (κ3) is 7.90. The first-order valence-electron chi connectivity index (χ1n) is 13.8. The molecule has 5 atom stereocenters. The van der Waals surface area contributed by atoms with Crippen LogP contribution in [0.15, 0.2) is 60.7 Å². The lowest BCUT2D eigenvalue weighted by Crippen LogP contribution is -2.49. The minimum Gasteiger partial charge on any atom is -0.444 e. The largest absolute Gasteiger partial charge is 0.444 e. The summed E-state index contributed by atoms with van der Waals surface area (Å²) in [5.74, 6) is -0.0745. The fourth-order valence-corrected chi connectivity index (χ4v) is 5.88. The number of ether oxygens (including phenoxy) is 1. The number of amides is 1. The fraction of sp³-hybridized carbons (Fsp3) is 0.562. The third-order valence-electron chi connectivity index (χ3n) is 7.83. The smallest absolute Gasteiger partial charge is 0.407 e. The lowest BCUT2D eigenvalue weighted by Gasteiger charge is -2.35. The SMILES string of the molecule is CC(C)[C@@H](CO)C1CC[C@](Cc2ccccc2)(C[C@H](O)[C@H](Cc2ccccc2)NC(=O)OC(C)(C)C)C1=O. The summed E-state index contributed by atoms with van der Waals surface area (Å²) >= 11 is 0. The average Bonchev–Trinajstić information content (AvgIpc) is 3.14. The number of hydrogen-bond donors (Lipinski definition) is 3. The van der Waals surface area contributed by atoms with Crippen molar-refractivity contribution in [3.05, 3.63) is 71.8 Å². The van der Waals surface area contributed by atoms with Gasteiger partial charge in [0.2, 0.25) is 0 Å². The number of ketones is 1. The van der Waals surface area contributed by atoms with E-state index in [4.69, 9.17) is 4.74 Å². The van der Waals surface area contributed by atoms with Gasteiger partial charge in [-0.1, -0.05) is 74.5 Å². The molecule has 0 aliphatic heterocycles. The van der Waals surface area contributed by atoms with E-state index in [9.17, 15) is 19.8 Å². The van der Waals surface area contributed by atoms with E-state index >= 15 is 0 Å². The van der Waals surface area contributed by atoms with E-state index in [1.165, 1.54) is 0 Å². The van der Waals surface area contributed by atoms with Crippen LogP contribution in [0.3, 0.4) is 0 Å². The van der Waals surface area contributed by atoms with Crippen LogP contribution in [0.25, 0.3) is 0 Å². The van der Waals surface area contributed by atoms with E-state index in [0.29, 0.717) is 25.7 Å². The van der Waals surface area contributed by atoms with Gasteiger partial charge in [0, 0.05) is 17.9 Å². The predicted molar refractivity (Wildman–Crippen MR) is 150 cm³/mol. The van der Waals surface area contributed by atoms with Crippen LogP contribution in [-0.4, -0.2) is 46.4 Å². The van der Waals surface area contributed by atoms with Gasteiger partial charge >= 0.3 is 6.09 Å². The molecule has 0 spiro atoms. The van der Waals surface area contributed by atoms with E-state index < -0.39 is 29.3 Å². The molecule has 0 bridgehead atoms. The quantitative estimate of drug-likeness (QED) is 0.369. The lowest BCUT2D eigenvalue weighted by molar-refractivity contribution is -0.133. The molecule has 0 radical (unpaired) electrons. The molecule has 3 N–H and O–H groups in total. The van der Waals surface area contributed by atoms with Gasteiger partial charge < -0.3 is 20.3 Å². The van der Waals surface area contributed by atoms with Crippen molar-refractivity contribution in [2.45, 2.75) is 84.5 Å². The molecule has 1 fully saturated rings. The van der Waals surface area contributed by atoms with Gasteiger partial charge in [-0.2, -0.15) is 0 Å². The maximum Gasteiger partial charge on any atom is 0.407 e. The number of carbonyl (C=O) groups is 2. The van der Waals surface area contributed by atoms with Crippen LogP contribution in [0.2, 0.25) is 0 Å². The van der Waals surface area contributed by atoms with Gasteiger partial charge in [0.15, 0.2) is 0 Å². The van der Waals surface area contributed by atoms with Crippen LogP contribution in [-0.2, 0) is 22.4 Å². The molecule has 38 heavy (non-hydrogen) atoms. The van der Waals surface area contributed by atoms with Gasteiger partial charge in [-0.25, -0.2) is 4.79 Å². The Kier molecular flexibility index (Phi) is 10.1. The number of Topliss-reactive ketones (excluding diaryl/α,β-unsaturated/α-hetero) is 1. The molecule has 1 unspecified atom stereocenters. The summed E-state index contributed by atoms with van der Waals surface area (Å²) in [6.07, 6.45) is 0.903. The number of aliphatic hydroxyl groups is 2. The van der Waals surface area contributed by atoms with E-state index in [-0.39, 0.29) is 36.6 Å². The average molecular weight is 524 g/mol. The van der Waals surface area contributed by atoms with Crippen molar-refractivity contribution in [3.63, 3.8) is 0 Å². The minimum absolute atomic E-state index is 0.0329. The van der Waals surface area contributed by atoms with Gasteiger partial charge in [0.1, 0.15) is 11.4 Å². The Bertz CT molecular complexity index is 1030. The predicted octanol–water partition coefficient (Wildman–Crippen LogP) is 5.35. The molecule has 2 aromatic rings. The topological polar surface area (TPSA) is 95.9 Å². The van der Waals surface area contributed by atoms with Crippen LogP contribution < -0.4 is 5.32 Å². The Labute approximate surface area is 227 Å². The highest BCUT2D eigenvalue weighted by Crippen LogP contribution is 2.48. The van der Waals surface area contributed by atoms with Crippen LogP contribution in [0.4, 0.5) is 4.79 Å². The van der Waals surface area contributed by atoms with Crippen molar-refractivity contribution in [1.82, 2.24) is 5.32 Å². The first-order chi connectivity index (χ1) is 17.9. The fourth-order valence-electron chi connectivity index (χ4n) is 5.88. The van der Waals surface area contributed by atoms with E-state index in [2.05, 4.69) is 5.32 Å². The van der Waals surface area contributed by atoms with Crippen molar-refractivity contribution < 1.29 is 24.5 Å². The third-order valence-corrected chi connectivity index (χ3v) is 7.83. The first kappa shape index (κ1) is 29.9. The zero-order chi connectivity index (χ0) is 27.9. The second-order valence-corrected chi connectivity index (χ2v) is 12.3. The number of rotatable bonds is 11. The normalized spacial score (nSPS) is 22.2. The molecule has 0 saturated heterocycles. The molecule has 208 valence electrons. The number of nitrogens with one attached hydrogen (secondary N) is 1. The second-order valence-electron chi connectivity index (χ2n) is 12.3. The standard InChI is InChI=1S/C32H45NO5/c1-22(2)26(21-34)25-16-17-32(29(25)36,19-24-14-10-7-11-15-24)20-28(35)27(18-23-12-8-6-9-13-23)33-30(37)38-31(3,4)5/h6-15,22,25-28,34-35H,16-21H2,1-5H3,(H,33,37)/t25?,26-,27+,28+,32+/m1/s1. The summed E-state index contributed by atoms with van der Waals surface area (Å²) in [5.41, 5.74) is 0.559. The molecule has 1 saturated carbocycles. The molecule has 1 aliphatic rings. The van der Waals surface area contributed by atoms with Gasteiger partial charge in [-0.15, -0.1) is 0 Å². The zero-order valence-electron chi connectivity index (χ0n) is 23.5. The maximum atomic E-state index is 14.1. The molecule has 0 heterocycles. The highest BCUT2D eigenvalue weighted by molar-refractivity contribution is 5.89. The first-order valence-corrected chi connectivity index (χ1v) is 13.8. The molecule has 1 amide bonds. The van der Waals surface area contributed by atoms with Crippen molar-refractivity contribution >= 4 is 11.9 Å². The summed E-state index contributed by atoms with van der Waals surface area (Å²) in [6.45, 7) is 9.45. The molecule has 6 nitrogen and oxygen atoms in total. The van der Waals surface area contributed by atoms with Gasteiger partial charge in [-0.05, 0) is 75.8 Å². The van der Waals surface area contributed by atoms with Gasteiger partial charge in [0.25, 0.3) is 0 Å². The van der Waals surface area contributed by atoms with Crippen LogP contribution in [0.1, 0.15) is 65.0 Å². The Balaban J connectivity index is 1.91. The van der Waals surface area contributed by atoms with Crippen LogP contribution in [0.5, 0.6) is 0 Å². The molecular weight excluding hydrogens is 478 g/mol. The minimum atomic E-state index is -0.972. The number of carbonyl (C=O) groups excluding carboxylic acids is 2. The Morgan fingerprint density at radius 2 is 1.63 bits per heavy atom. The maximum absolute atomic E-state index is 14.1. The number of alkyl carbamates (subject to hydrolysis) is 1. The van der Waals surface area contributed by atoms with Gasteiger partial charge in [-0.3, -0.25) is 4.79 Å². The molecular formula is C32H45NO5. The second kappa shape index (κ2) is 12.9. The van der Waals surface area contributed by atoms with Gasteiger partial charge in [0.05, 0.1) is 12.1 Å². The summed E-state index contributed by atoms with van der Waals surface area (Å²) in [5, 5.41) is 24.6. The summed E-state index contributed by atoms with van der Waals surface area (Å²) in [7, 11) is 0. The lowest BCUT2D eigenvalue weighted by atomic mass is 9.71. The number of benzene rings is 2. The number of aliphatic hydroxyl groups excluding tert-OH is 2. The molecule has 6 heteroatoms. The molecule has 3 rings (SSSR count). The van der Waals surface area contributed by atoms with E-state index in [1.807, 2.05) is 74.5 Å². The summed E-state index contributed by atoms with van der Waals surface area (Å²) < 4.78 is 5.50. The van der Waals surface area contributed by atoms with Crippen molar-refractivity contribution in [2.24, 2.45) is 23.2 Å². The van der Waals surface area contributed by atoms with Crippen molar-refractivity contribution in [3.8, 4) is 0 Å². The summed E-state index contributed by atoms with van der Waals surface area (Å²) in [6, 6.07) is 19.0. The monoisotopic (exact) mass is 523 g/mol. The van der Waals surface area contributed by atoms with E-state index in [0.717, 1.165) is 11.1 Å². The Morgan fingerprint density at radius 3 is 2.16 bits per heavy atom. The highest BCUT2D eigenvalue weighted by atomic mass is 16.6. The van der Waals surface area contributed by atoms with Crippen molar-refractivity contribution in [1.29, 1.82) is 0 Å². The Hall–Kier alpha value is -2.70. The number of hydrogen-bond acceptors (Lipinski definition) is 5. The zero-order valence-corrected chi connectivity index (χ0v) is 23.5. The molecule has 0 aromatic heterocycles. The molecule has 2 aromatic carbocycles. The van der Waals surface area contributed by atoms with E-state index in [1.54, 1.807) is 20.8 Å². The molecule has 1 aliphatic carbocycles. The van der Waals surface area contributed by atoms with Crippen LogP contribution in [0, 0.1) is 23.2 Å². The van der Waals surface area contributed by atoms with Crippen molar-refractivity contribution in [2.75, 3.05) is 6.61 Å². The highest BCUT2D eigenvalue weighted by Gasteiger charge is 2.51.